The first kappa shape index (κ1) is 39.2. The van der Waals surface area contributed by atoms with Crippen molar-refractivity contribution in [2.75, 3.05) is 35.6 Å². The number of aromatic nitrogens is 4. The number of rotatable bonds is 20. The van der Waals surface area contributed by atoms with Gasteiger partial charge in [0, 0.05) is 55.1 Å². The van der Waals surface area contributed by atoms with Crippen LogP contribution in [-0.2, 0) is 6.42 Å². The fourth-order valence-electron chi connectivity index (χ4n) is 7.49. The van der Waals surface area contributed by atoms with E-state index in [9.17, 15) is 0 Å². The molecule has 0 aliphatic heterocycles. The summed E-state index contributed by atoms with van der Waals surface area (Å²) in [5.74, 6) is 5.49. The molecule has 1 fully saturated rings. The Kier molecular flexibility index (Phi) is 14.5. The van der Waals surface area contributed by atoms with E-state index < -0.39 is 0 Å². The van der Waals surface area contributed by atoms with Gasteiger partial charge in [-0.15, -0.1) is 0 Å². The van der Waals surface area contributed by atoms with Gasteiger partial charge in [0.1, 0.15) is 5.82 Å². The molecule has 1 aliphatic carbocycles. The summed E-state index contributed by atoms with van der Waals surface area (Å²) in [6.45, 7) is 20.8. The van der Waals surface area contributed by atoms with Crippen LogP contribution in [-0.4, -0.2) is 39.6 Å². The van der Waals surface area contributed by atoms with Crippen LogP contribution < -0.4 is 16.0 Å². The van der Waals surface area contributed by atoms with Crippen molar-refractivity contribution in [2.45, 2.75) is 118 Å². The quantitative estimate of drug-likeness (QED) is 0.0844. The molecule has 4 aromatic rings. The molecule has 2 heterocycles. The molecule has 52 heavy (non-hydrogen) atoms. The summed E-state index contributed by atoms with van der Waals surface area (Å²) in [4.78, 5) is 20.7. The van der Waals surface area contributed by atoms with Crippen molar-refractivity contribution in [1.29, 1.82) is 0 Å². The SMILES string of the molecule is CC(C)CCCc1cc(C2[C@@H](c3ccccc3)C(c3cc(NCCC(C)C)nc(NCCC(C)C)n3)[C@@H]2c2ccccc2)nc(NCCC(C)C)n1. The van der Waals surface area contributed by atoms with Gasteiger partial charge in [-0.05, 0) is 73.0 Å². The third-order valence-electron chi connectivity index (χ3n) is 10.4. The molecule has 2 aromatic heterocycles. The van der Waals surface area contributed by atoms with Gasteiger partial charge in [0.25, 0.3) is 0 Å². The third kappa shape index (κ3) is 11.0. The second-order valence-corrected chi connectivity index (χ2v) is 16.6. The van der Waals surface area contributed by atoms with E-state index in [4.69, 9.17) is 19.9 Å². The molecule has 280 valence electrons. The van der Waals surface area contributed by atoms with E-state index >= 15 is 0 Å². The first-order valence-corrected chi connectivity index (χ1v) is 20.2. The average molecular weight is 704 g/mol. The highest BCUT2D eigenvalue weighted by atomic mass is 15.1. The molecule has 7 heteroatoms. The Morgan fingerprint density at radius 3 is 1.40 bits per heavy atom. The van der Waals surface area contributed by atoms with Crippen LogP contribution in [0.4, 0.5) is 17.7 Å². The molecule has 0 radical (unpaired) electrons. The summed E-state index contributed by atoms with van der Waals surface area (Å²) >= 11 is 0. The minimum absolute atomic E-state index is 0.130. The number of hydrogen-bond acceptors (Lipinski definition) is 7. The molecular formula is C45H65N7. The van der Waals surface area contributed by atoms with E-state index in [1.807, 2.05) is 0 Å². The Morgan fingerprint density at radius 1 is 0.481 bits per heavy atom. The second kappa shape index (κ2) is 19.2. The van der Waals surface area contributed by atoms with Gasteiger partial charge in [-0.25, -0.2) is 15.0 Å². The zero-order valence-corrected chi connectivity index (χ0v) is 33.2. The van der Waals surface area contributed by atoms with Crippen LogP contribution in [0.25, 0.3) is 0 Å². The van der Waals surface area contributed by atoms with Crippen LogP contribution in [0.3, 0.4) is 0 Å². The number of nitrogens with one attached hydrogen (secondary N) is 3. The second-order valence-electron chi connectivity index (χ2n) is 16.6. The Morgan fingerprint density at radius 2 is 0.923 bits per heavy atom. The fourth-order valence-corrected chi connectivity index (χ4v) is 7.49. The van der Waals surface area contributed by atoms with Gasteiger partial charge in [-0.1, -0.05) is 122 Å². The largest absolute Gasteiger partial charge is 0.370 e. The normalized spacial score (nSPS) is 18.6. The lowest BCUT2D eigenvalue weighted by Crippen LogP contribution is -2.41. The highest BCUT2D eigenvalue weighted by molar-refractivity contribution is 5.51. The number of benzene rings is 2. The van der Waals surface area contributed by atoms with Gasteiger partial charge < -0.3 is 16.0 Å². The van der Waals surface area contributed by atoms with Gasteiger partial charge in [0.15, 0.2) is 0 Å². The minimum atomic E-state index is 0.130. The lowest BCUT2D eigenvalue weighted by molar-refractivity contribution is 0.220. The van der Waals surface area contributed by atoms with E-state index in [0.29, 0.717) is 29.6 Å². The summed E-state index contributed by atoms with van der Waals surface area (Å²) < 4.78 is 0. The fraction of sp³-hybridized carbons (Fsp3) is 0.556. The Bertz CT molecular complexity index is 1440. The standard InChI is InChI=1S/C45H65N7/c1-30(2)16-15-21-36-28-37(50-44(49-36)47-26-23-32(5)6)42-40(34-17-11-9-12-18-34)43(41(42)35-19-13-10-14-20-35)38-29-39(46-25-22-31(3)4)52-45(51-38)48-27-24-33(7)8/h9-14,17-20,28-33,40-43H,15-16,21-27H2,1-8H3,(H,47,49,50)(H2,46,48,51,52)/t40-,41-,42?,43?/m1/s1. The number of anilines is 3. The zero-order chi connectivity index (χ0) is 37.0. The lowest BCUT2D eigenvalue weighted by atomic mass is 9.50. The van der Waals surface area contributed by atoms with Crippen molar-refractivity contribution in [2.24, 2.45) is 23.7 Å². The highest BCUT2D eigenvalue weighted by Gasteiger charge is 2.54. The number of aryl methyl sites for hydroxylation is 1. The molecule has 0 amide bonds. The summed E-state index contributed by atoms with van der Waals surface area (Å²) in [6, 6.07) is 26.6. The molecule has 0 spiro atoms. The molecule has 0 saturated heterocycles. The Balaban J connectivity index is 1.62. The Labute approximate surface area is 314 Å². The molecule has 1 saturated carbocycles. The van der Waals surface area contributed by atoms with Crippen LogP contribution in [0.1, 0.15) is 139 Å². The zero-order valence-electron chi connectivity index (χ0n) is 33.2. The monoisotopic (exact) mass is 704 g/mol. The first-order chi connectivity index (χ1) is 25.1. The first-order valence-electron chi connectivity index (χ1n) is 20.2. The summed E-state index contributed by atoms with van der Waals surface area (Å²) in [7, 11) is 0. The van der Waals surface area contributed by atoms with E-state index in [1.165, 1.54) is 17.5 Å². The highest BCUT2D eigenvalue weighted by Crippen LogP contribution is 2.66. The molecule has 0 unspecified atom stereocenters. The third-order valence-corrected chi connectivity index (χ3v) is 10.4. The Hall–Kier alpha value is -4.00. The maximum atomic E-state index is 5.34. The van der Waals surface area contributed by atoms with Crippen LogP contribution >= 0.6 is 0 Å². The predicted molar refractivity (Wildman–Crippen MR) is 220 cm³/mol. The lowest BCUT2D eigenvalue weighted by Gasteiger charge is -2.52. The molecule has 7 nitrogen and oxygen atoms in total. The molecule has 2 atom stereocenters. The van der Waals surface area contributed by atoms with E-state index in [-0.39, 0.29) is 23.7 Å². The summed E-state index contributed by atoms with van der Waals surface area (Å²) in [6.07, 6.45) is 6.50. The van der Waals surface area contributed by atoms with Crippen LogP contribution in [0.2, 0.25) is 0 Å². The van der Waals surface area contributed by atoms with Crippen LogP contribution in [0, 0.1) is 23.7 Å². The van der Waals surface area contributed by atoms with E-state index in [1.54, 1.807) is 0 Å². The molecule has 2 aromatic carbocycles. The van der Waals surface area contributed by atoms with Gasteiger partial charge in [-0.2, -0.15) is 4.98 Å². The van der Waals surface area contributed by atoms with Crippen molar-refractivity contribution in [3.63, 3.8) is 0 Å². The van der Waals surface area contributed by atoms with Gasteiger partial charge in [0.2, 0.25) is 11.9 Å². The van der Waals surface area contributed by atoms with Crippen molar-refractivity contribution in [3.05, 3.63) is 101 Å². The van der Waals surface area contributed by atoms with Crippen LogP contribution in [0.15, 0.2) is 72.8 Å². The van der Waals surface area contributed by atoms with Gasteiger partial charge in [0.05, 0.1) is 11.4 Å². The van der Waals surface area contributed by atoms with Gasteiger partial charge >= 0.3 is 0 Å². The smallest absolute Gasteiger partial charge is 0.224 e. The number of nitrogens with zero attached hydrogens (tertiary/aromatic N) is 4. The molecule has 0 bridgehead atoms. The topological polar surface area (TPSA) is 87.7 Å². The number of hydrogen-bond donors (Lipinski definition) is 3. The molecule has 5 rings (SSSR count). The van der Waals surface area contributed by atoms with Crippen molar-refractivity contribution in [3.8, 4) is 0 Å². The van der Waals surface area contributed by atoms with Crippen LogP contribution in [0.5, 0.6) is 0 Å². The summed E-state index contributed by atoms with van der Waals surface area (Å²) in [5.41, 5.74) is 5.98. The maximum absolute atomic E-state index is 5.34. The average Bonchev–Trinajstić information content (AvgIpc) is 3.08. The minimum Gasteiger partial charge on any atom is -0.370 e. The maximum Gasteiger partial charge on any atom is 0.224 e. The van der Waals surface area contributed by atoms with E-state index in [0.717, 1.165) is 80.6 Å². The van der Waals surface area contributed by atoms with Crippen molar-refractivity contribution >= 4 is 17.7 Å². The molecular weight excluding hydrogens is 639 g/mol. The van der Waals surface area contributed by atoms with E-state index in [2.05, 4.69) is 144 Å². The molecule has 1 aliphatic rings. The van der Waals surface area contributed by atoms with Gasteiger partial charge in [-0.3, -0.25) is 0 Å². The summed E-state index contributed by atoms with van der Waals surface area (Å²) in [5, 5.41) is 10.9. The van der Waals surface area contributed by atoms with Crippen molar-refractivity contribution < 1.29 is 0 Å². The molecule has 3 N–H and O–H groups in total. The predicted octanol–water partition coefficient (Wildman–Crippen LogP) is 11.1. The van der Waals surface area contributed by atoms with Crippen molar-refractivity contribution in [1.82, 2.24) is 19.9 Å².